The smallest absolute Gasteiger partial charge is 0.343 e. The summed E-state index contributed by atoms with van der Waals surface area (Å²) in [6, 6.07) is -0.107. The van der Waals surface area contributed by atoms with Crippen molar-refractivity contribution in [1.82, 2.24) is 54.1 Å². The van der Waals surface area contributed by atoms with Crippen LogP contribution < -0.4 is 16.2 Å². The second-order valence-corrected chi connectivity index (χ2v) is 9.74. The average molecular weight is 662 g/mol. The topological polar surface area (TPSA) is 273 Å². The van der Waals surface area contributed by atoms with E-state index in [1.54, 1.807) is 41.8 Å². The Kier molecular flexibility index (Phi) is 9.15. The lowest BCUT2D eigenvalue weighted by molar-refractivity contribution is 0.0517. The Morgan fingerprint density at radius 3 is 1.52 bits per heavy atom. The molecule has 0 aromatic carbocycles. The van der Waals surface area contributed by atoms with Crippen molar-refractivity contribution >= 4 is 46.6 Å². The first-order valence-corrected chi connectivity index (χ1v) is 14.2. The van der Waals surface area contributed by atoms with Gasteiger partial charge in [-0.2, -0.15) is 44.7 Å². The van der Waals surface area contributed by atoms with Gasteiger partial charge in [0.05, 0.1) is 44.1 Å². The number of nitrogen functional groups attached to an aromatic ring is 2. The Morgan fingerprint density at radius 1 is 0.729 bits per heavy atom. The Morgan fingerprint density at radius 2 is 1.15 bits per heavy atom. The molecule has 4 N–H and O–H groups in total. The fraction of sp³-hybridized carbons (Fsp3) is 0.346. The van der Waals surface area contributed by atoms with Crippen LogP contribution in [0, 0.1) is 13.8 Å². The van der Waals surface area contributed by atoms with Crippen molar-refractivity contribution in [2.75, 3.05) is 31.8 Å². The highest BCUT2D eigenvalue weighted by Gasteiger charge is 2.23. The zero-order valence-electron chi connectivity index (χ0n) is 27.0. The van der Waals surface area contributed by atoms with E-state index in [0.717, 1.165) is 0 Å². The zero-order chi connectivity index (χ0) is 34.7. The third-order valence-corrected chi connectivity index (χ3v) is 6.57. The molecular weight excluding hydrogens is 630 g/mol. The van der Waals surface area contributed by atoms with Gasteiger partial charge < -0.3 is 25.7 Å². The molecule has 0 atom stereocenters. The minimum atomic E-state index is -0.596. The summed E-state index contributed by atoms with van der Waals surface area (Å²) >= 11 is 0. The maximum atomic E-state index is 12.3. The molecule has 22 heteroatoms. The SMILES string of the molecule is CCOC(=O)c1cnn(C)c1/N=N/c1c(C)nn(-c2nc(OC)nc(-n3nc(C)c(/N=N/c4c(C(=O)OCC)cnn4C)c3N)n2)c1N. The van der Waals surface area contributed by atoms with Crippen LogP contribution >= 0.6 is 0 Å². The number of hydrogen-bond acceptors (Lipinski definition) is 18. The first kappa shape index (κ1) is 32.8. The monoisotopic (exact) mass is 661 g/mol. The molecule has 250 valence electrons. The summed E-state index contributed by atoms with van der Waals surface area (Å²) in [6.07, 6.45) is 2.67. The highest BCUT2D eigenvalue weighted by atomic mass is 16.5. The van der Waals surface area contributed by atoms with Gasteiger partial charge in [-0.3, -0.25) is 0 Å². The van der Waals surface area contributed by atoms with Crippen molar-refractivity contribution in [3.8, 4) is 17.9 Å². The van der Waals surface area contributed by atoms with Crippen molar-refractivity contribution < 1.29 is 23.8 Å². The molecule has 0 bridgehead atoms. The van der Waals surface area contributed by atoms with Crippen molar-refractivity contribution in [2.45, 2.75) is 27.7 Å². The average Bonchev–Trinajstić information content (AvgIpc) is 3.78. The number of aromatic nitrogens is 11. The third-order valence-electron chi connectivity index (χ3n) is 6.57. The molecule has 0 spiro atoms. The van der Waals surface area contributed by atoms with E-state index >= 15 is 0 Å². The summed E-state index contributed by atoms with van der Waals surface area (Å²) in [5, 5.41) is 33.8. The van der Waals surface area contributed by atoms with Gasteiger partial charge in [0.25, 0.3) is 11.9 Å². The number of nitrogens with two attached hydrogens (primary N) is 2. The Hall–Kier alpha value is -6.61. The van der Waals surface area contributed by atoms with Crippen molar-refractivity contribution in [1.29, 1.82) is 0 Å². The number of carbonyl (C=O) groups is 2. The van der Waals surface area contributed by atoms with Gasteiger partial charge in [-0.1, -0.05) is 0 Å². The predicted octanol–water partition coefficient (Wildman–Crippen LogP) is 2.68. The summed E-state index contributed by atoms with van der Waals surface area (Å²) in [7, 11) is 4.57. The highest BCUT2D eigenvalue weighted by molar-refractivity contribution is 5.94. The second-order valence-electron chi connectivity index (χ2n) is 9.74. The standard InChI is InChI=1S/C26H31N17O5/c1-8-47-22(44)14-10-29-40(5)20(14)36-34-16-12(3)38-42(18(16)27)24-31-25(33-26(32-24)46-7)43-19(28)17(13(4)39-43)35-37-21-15(11-30-41(21)6)23(45)48-9-2/h10-11H,8-9,27-28H2,1-7H3/b36-34+,37-35+. The molecule has 5 aromatic heterocycles. The fourth-order valence-corrected chi connectivity index (χ4v) is 4.24. The molecular formula is C26H31N17O5. The van der Waals surface area contributed by atoms with Crippen LogP contribution in [-0.4, -0.2) is 86.3 Å². The number of hydrogen-bond donors (Lipinski definition) is 2. The number of esters is 2. The second kappa shape index (κ2) is 13.4. The number of carbonyl (C=O) groups excluding carboxylic acids is 2. The molecule has 0 unspecified atom stereocenters. The van der Waals surface area contributed by atoms with E-state index in [-0.39, 0.29) is 76.9 Å². The number of rotatable bonds is 11. The fourth-order valence-electron chi connectivity index (χ4n) is 4.24. The molecule has 48 heavy (non-hydrogen) atoms. The van der Waals surface area contributed by atoms with Crippen LogP contribution in [0.15, 0.2) is 32.9 Å². The van der Waals surface area contributed by atoms with E-state index < -0.39 is 11.9 Å². The summed E-state index contributed by atoms with van der Waals surface area (Å²) in [5.74, 6) is -0.968. The number of azo groups is 2. The largest absolute Gasteiger partial charge is 0.467 e. The lowest BCUT2D eigenvalue weighted by Crippen LogP contribution is -2.14. The van der Waals surface area contributed by atoms with Crippen LogP contribution in [0.1, 0.15) is 46.0 Å². The van der Waals surface area contributed by atoms with Crippen LogP contribution in [0.4, 0.5) is 34.6 Å². The molecule has 5 heterocycles. The maximum absolute atomic E-state index is 12.3. The quantitative estimate of drug-likeness (QED) is 0.152. The Balaban J connectivity index is 1.51. The Labute approximate surface area is 271 Å². The van der Waals surface area contributed by atoms with Crippen LogP contribution in [0.3, 0.4) is 0 Å². The van der Waals surface area contributed by atoms with Crippen LogP contribution in [0.2, 0.25) is 0 Å². The van der Waals surface area contributed by atoms with E-state index in [0.29, 0.717) is 11.4 Å². The molecule has 22 nitrogen and oxygen atoms in total. The molecule has 0 aliphatic heterocycles. The third kappa shape index (κ3) is 6.12. The van der Waals surface area contributed by atoms with E-state index in [2.05, 4.69) is 55.8 Å². The van der Waals surface area contributed by atoms with E-state index in [1.165, 1.54) is 38.2 Å². The summed E-state index contributed by atoms with van der Waals surface area (Å²) in [5.41, 5.74) is 14.2. The number of ether oxygens (including phenoxy) is 3. The van der Waals surface area contributed by atoms with Crippen molar-refractivity contribution in [2.24, 2.45) is 34.6 Å². The van der Waals surface area contributed by atoms with E-state index in [4.69, 9.17) is 25.7 Å². The molecule has 0 saturated heterocycles. The van der Waals surface area contributed by atoms with Crippen LogP contribution in [-0.2, 0) is 23.6 Å². The number of methoxy groups -OCH3 is 1. The van der Waals surface area contributed by atoms with Gasteiger partial charge in [0.1, 0.15) is 11.1 Å². The molecule has 5 aromatic rings. The number of anilines is 2. The van der Waals surface area contributed by atoms with Crippen LogP contribution in [0.5, 0.6) is 6.01 Å². The van der Waals surface area contributed by atoms with Gasteiger partial charge >= 0.3 is 17.9 Å². The van der Waals surface area contributed by atoms with Crippen molar-refractivity contribution in [3.63, 3.8) is 0 Å². The van der Waals surface area contributed by atoms with E-state index in [1.807, 2.05) is 0 Å². The lowest BCUT2D eigenvalue weighted by atomic mass is 10.3. The molecule has 5 rings (SSSR count). The van der Waals surface area contributed by atoms with E-state index in [9.17, 15) is 9.59 Å². The summed E-state index contributed by atoms with van der Waals surface area (Å²) in [4.78, 5) is 37.7. The minimum Gasteiger partial charge on any atom is -0.467 e. The first-order chi connectivity index (χ1) is 23.0. The molecule has 0 amide bonds. The molecule has 0 radical (unpaired) electrons. The molecule has 0 saturated carbocycles. The molecule has 0 fully saturated rings. The van der Waals surface area contributed by atoms with Gasteiger partial charge in [-0.25, -0.2) is 19.0 Å². The van der Waals surface area contributed by atoms with Gasteiger partial charge in [0, 0.05) is 14.1 Å². The Bertz CT molecular complexity index is 1930. The normalized spacial score (nSPS) is 11.6. The zero-order valence-corrected chi connectivity index (χ0v) is 27.0. The number of aryl methyl sites for hydroxylation is 4. The van der Waals surface area contributed by atoms with Gasteiger partial charge in [0.15, 0.2) is 34.6 Å². The van der Waals surface area contributed by atoms with Gasteiger partial charge in [0.2, 0.25) is 0 Å². The van der Waals surface area contributed by atoms with Crippen molar-refractivity contribution in [3.05, 3.63) is 34.9 Å². The minimum absolute atomic E-state index is 0.0167. The van der Waals surface area contributed by atoms with Gasteiger partial charge in [-0.05, 0) is 27.7 Å². The highest BCUT2D eigenvalue weighted by Crippen LogP contribution is 2.33. The summed E-state index contributed by atoms with van der Waals surface area (Å²) in [6.45, 7) is 7.04. The first-order valence-electron chi connectivity index (χ1n) is 14.2. The predicted molar refractivity (Wildman–Crippen MR) is 166 cm³/mol. The lowest BCUT2D eigenvalue weighted by Gasteiger charge is -2.08. The molecule has 0 aliphatic rings. The maximum Gasteiger partial charge on any atom is 0.343 e. The number of nitrogens with zero attached hydrogens (tertiary/aromatic N) is 15. The molecule has 0 aliphatic carbocycles. The van der Waals surface area contributed by atoms with Gasteiger partial charge in [-0.15, -0.1) is 20.5 Å². The van der Waals surface area contributed by atoms with Crippen LogP contribution in [0.25, 0.3) is 11.9 Å². The summed E-state index contributed by atoms with van der Waals surface area (Å²) < 4.78 is 20.6.